The van der Waals surface area contributed by atoms with E-state index in [4.69, 9.17) is 5.73 Å². The van der Waals surface area contributed by atoms with Crippen LogP contribution in [0.3, 0.4) is 0 Å². The van der Waals surface area contributed by atoms with Crippen LogP contribution in [-0.4, -0.2) is 25.3 Å². The third kappa shape index (κ3) is 2.70. The van der Waals surface area contributed by atoms with Crippen LogP contribution in [0.25, 0.3) is 11.3 Å². The van der Waals surface area contributed by atoms with Gasteiger partial charge in [0.1, 0.15) is 23.4 Å². The van der Waals surface area contributed by atoms with Crippen molar-refractivity contribution in [3.63, 3.8) is 0 Å². The van der Waals surface area contributed by atoms with Gasteiger partial charge in [-0.3, -0.25) is 0 Å². The van der Waals surface area contributed by atoms with E-state index in [2.05, 4.69) is 9.97 Å². The highest BCUT2D eigenvalue weighted by molar-refractivity contribution is 5.62. The highest BCUT2D eigenvalue weighted by Crippen LogP contribution is 2.68. The van der Waals surface area contributed by atoms with Gasteiger partial charge in [0, 0.05) is 37.2 Å². The smallest absolute Gasteiger partial charge is 0.385 e. The average Bonchev–Trinajstić information content (AvgIpc) is 2.94. The largest absolute Gasteiger partial charge is 0.419 e. The van der Waals surface area contributed by atoms with E-state index in [1.807, 2.05) is 13.8 Å². The number of aromatic nitrogens is 3. The molecule has 0 aliphatic heterocycles. The number of alkyl halides is 4. The molecule has 27 heavy (non-hydrogen) atoms. The van der Waals surface area contributed by atoms with E-state index in [1.54, 1.807) is 10.8 Å². The average molecular weight is 384 g/mol. The summed E-state index contributed by atoms with van der Waals surface area (Å²) in [4.78, 5) is 8.04. The van der Waals surface area contributed by atoms with Crippen molar-refractivity contribution in [1.82, 2.24) is 14.5 Å². The predicted octanol–water partition coefficient (Wildman–Crippen LogP) is 3.84. The number of nitrogen functional groups attached to an aromatic ring is 1. The molecule has 146 valence electrons. The molecule has 3 N–H and O–H groups in total. The molecule has 5 nitrogen and oxygen atoms in total. The Labute approximate surface area is 153 Å². The topological polar surface area (TPSA) is 77.0 Å². The SMILES string of the molecule is CC(C)C(O)c1nc(-c2cnc(N)c(C(F)(F)F)c2)cn1C12CC(F)(C1)C2. The van der Waals surface area contributed by atoms with Crippen LogP contribution in [0.1, 0.15) is 50.6 Å². The van der Waals surface area contributed by atoms with Crippen LogP contribution in [0.4, 0.5) is 23.4 Å². The third-order valence-electron chi connectivity index (χ3n) is 5.60. The van der Waals surface area contributed by atoms with E-state index in [0.29, 0.717) is 25.1 Å². The van der Waals surface area contributed by atoms with Crippen LogP contribution in [0, 0.1) is 5.92 Å². The maximum absolute atomic E-state index is 14.0. The number of halogens is 4. The van der Waals surface area contributed by atoms with E-state index in [0.717, 1.165) is 6.07 Å². The lowest BCUT2D eigenvalue weighted by Crippen LogP contribution is -2.70. The molecule has 1 unspecified atom stereocenters. The van der Waals surface area contributed by atoms with Gasteiger partial charge in [-0.25, -0.2) is 14.4 Å². The van der Waals surface area contributed by atoms with Gasteiger partial charge in [0.05, 0.1) is 16.8 Å². The van der Waals surface area contributed by atoms with Crippen LogP contribution < -0.4 is 5.73 Å². The first-order valence-corrected chi connectivity index (χ1v) is 8.74. The van der Waals surface area contributed by atoms with Gasteiger partial charge in [0.15, 0.2) is 0 Å². The van der Waals surface area contributed by atoms with E-state index in [1.165, 1.54) is 6.20 Å². The Kier molecular flexibility index (Phi) is 3.67. The monoisotopic (exact) mass is 384 g/mol. The lowest BCUT2D eigenvalue weighted by atomic mass is 9.47. The summed E-state index contributed by atoms with van der Waals surface area (Å²) >= 11 is 0. The number of pyridine rings is 1. The second kappa shape index (κ2) is 5.43. The summed E-state index contributed by atoms with van der Waals surface area (Å²) in [5.41, 5.74) is 3.12. The minimum absolute atomic E-state index is 0.147. The number of imidazole rings is 1. The van der Waals surface area contributed by atoms with Crippen molar-refractivity contribution in [2.45, 2.75) is 56.6 Å². The zero-order chi connectivity index (χ0) is 19.8. The predicted molar refractivity (Wildman–Crippen MR) is 90.3 cm³/mol. The lowest BCUT2D eigenvalue weighted by Gasteiger charge is -2.66. The summed E-state index contributed by atoms with van der Waals surface area (Å²) in [6.45, 7) is 3.63. The fourth-order valence-corrected chi connectivity index (χ4v) is 4.13. The first-order chi connectivity index (χ1) is 12.4. The molecule has 3 aliphatic rings. The number of nitrogens with two attached hydrogens (primary N) is 1. The molecule has 2 bridgehead atoms. The summed E-state index contributed by atoms with van der Waals surface area (Å²) in [7, 11) is 0. The van der Waals surface area contributed by atoms with Gasteiger partial charge in [-0.2, -0.15) is 13.2 Å². The Hall–Kier alpha value is -2.16. The maximum atomic E-state index is 14.0. The fraction of sp³-hybridized carbons (Fsp3) is 0.556. The van der Waals surface area contributed by atoms with Crippen LogP contribution >= 0.6 is 0 Å². The number of anilines is 1. The highest BCUT2D eigenvalue weighted by Gasteiger charge is 2.70. The van der Waals surface area contributed by atoms with Crippen molar-refractivity contribution in [2.75, 3.05) is 5.73 Å². The van der Waals surface area contributed by atoms with Crippen molar-refractivity contribution < 1.29 is 22.7 Å². The molecule has 9 heteroatoms. The molecule has 5 rings (SSSR count). The minimum atomic E-state index is -4.63. The van der Waals surface area contributed by atoms with Crippen molar-refractivity contribution in [2.24, 2.45) is 5.92 Å². The standard InChI is InChI=1S/C18H20F4N4O/c1-9(2)13(27)15-25-12(5-26(15)17-6-16(19,7-17)8-17)10-3-11(18(20,21)22)14(23)24-4-10/h3-5,9,13,27H,6-8H2,1-2H3,(H2,23,24). The van der Waals surface area contributed by atoms with E-state index in [-0.39, 0.29) is 17.2 Å². The first kappa shape index (κ1) is 18.2. The van der Waals surface area contributed by atoms with E-state index < -0.39 is 34.9 Å². The maximum Gasteiger partial charge on any atom is 0.419 e. The van der Waals surface area contributed by atoms with Crippen molar-refractivity contribution >= 4 is 5.82 Å². The summed E-state index contributed by atoms with van der Waals surface area (Å²) in [6, 6.07) is 0.902. The summed E-state index contributed by atoms with van der Waals surface area (Å²) < 4.78 is 55.2. The number of aliphatic hydroxyl groups is 1. The number of hydrogen-bond donors (Lipinski definition) is 2. The summed E-state index contributed by atoms with van der Waals surface area (Å²) in [5, 5.41) is 10.5. The number of aliphatic hydroxyl groups excluding tert-OH is 1. The van der Waals surface area contributed by atoms with Crippen LogP contribution in [0.15, 0.2) is 18.5 Å². The van der Waals surface area contributed by atoms with Gasteiger partial charge in [0.25, 0.3) is 0 Å². The Morgan fingerprint density at radius 1 is 1.26 bits per heavy atom. The molecule has 1 atom stereocenters. The highest BCUT2D eigenvalue weighted by atomic mass is 19.4. The Morgan fingerprint density at radius 3 is 2.41 bits per heavy atom. The molecule has 3 fully saturated rings. The second-order valence-corrected chi connectivity index (χ2v) is 8.10. The number of nitrogens with zero attached hydrogens (tertiary/aromatic N) is 3. The van der Waals surface area contributed by atoms with Gasteiger partial charge in [-0.1, -0.05) is 13.8 Å². The van der Waals surface area contributed by atoms with E-state index in [9.17, 15) is 22.7 Å². The van der Waals surface area contributed by atoms with Crippen LogP contribution in [-0.2, 0) is 11.7 Å². The Bertz CT molecular complexity index is 885. The van der Waals surface area contributed by atoms with Crippen molar-refractivity contribution in [1.29, 1.82) is 0 Å². The van der Waals surface area contributed by atoms with Gasteiger partial charge >= 0.3 is 6.18 Å². The van der Waals surface area contributed by atoms with Crippen molar-refractivity contribution in [3.8, 4) is 11.3 Å². The first-order valence-electron chi connectivity index (χ1n) is 8.74. The van der Waals surface area contributed by atoms with Gasteiger partial charge < -0.3 is 15.4 Å². The van der Waals surface area contributed by atoms with Gasteiger partial charge in [-0.15, -0.1) is 0 Å². The molecule has 0 saturated heterocycles. The van der Waals surface area contributed by atoms with Gasteiger partial charge in [-0.05, 0) is 12.0 Å². The normalized spacial score (nSPS) is 28.0. The molecule has 3 aliphatic carbocycles. The van der Waals surface area contributed by atoms with Crippen LogP contribution in [0.2, 0.25) is 0 Å². The Balaban J connectivity index is 1.79. The zero-order valence-corrected chi connectivity index (χ0v) is 14.9. The second-order valence-electron chi connectivity index (χ2n) is 8.10. The molecule has 3 saturated carbocycles. The number of hydrogen-bond acceptors (Lipinski definition) is 4. The molecular formula is C18H20F4N4O. The molecule has 0 spiro atoms. The lowest BCUT2D eigenvalue weighted by molar-refractivity contribution is -0.200. The summed E-state index contributed by atoms with van der Waals surface area (Å²) in [5.74, 6) is -0.417. The molecule has 2 heterocycles. The molecular weight excluding hydrogens is 364 g/mol. The minimum Gasteiger partial charge on any atom is -0.385 e. The quantitative estimate of drug-likeness (QED) is 0.786. The molecule has 0 aromatic carbocycles. The van der Waals surface area contributed by atoms with E-state index >= 15 is 0 Å². The fourth-order valence-electron chi connectivity index (χ4n) is 4.13. The van der Waals surface area contributed by atoms with Crippen LogP contribution in [0.5, 0.6) is 0 Å². The molecule has 0 amide bonds. The zero-order valence-electron chi connectivity index (χ0n) is 14.9. The van der Waals surface area contributed by atoms with Crippen molar-refractivity contribution in [3.05, 3.63) is 29.8 Å². The summed E-state index contributed by atoms with van der Waals surface area (Å²) in [6.07, 6.45) is -1.73. The number of rotatable bonds is 4. The van der Waals surface area contributed by atoms with Gasteiger partial charge in [0.2, 0.25) is 0 Å². The molecule has 2 aromatic rings. The molecule has 0 radical (unpaired) electrons. The Morgan fingerprint density at radius 2 is 1.89 bits per heavy atom. The third-order valence-corrected chi connectivity index (χ3v) is 5.60. The molecule has 2 aromatic heterocycles.